The van der Waals surface area contributed by atoms with Gasteiger partial charge in [-0.05, 0) is 31.8 Å². The lowest BCUT2D eigenvalue weighted by Crippen LogP contribution is -2.57. The fourth-order valence-electron chi connectivity index (χ4n) is 2.23. The maximum Gasteiger partial charge on any atom is 0.325 e. The molecule has 3 amide bonds. The molecule has 31 heavy (non-hydrogen) atoms. The van der Waals surface area contributed by atoms with Crippen LogP contribution in [0.25, 0.3) is 0 Å². The van der Waals surface area contributed by atoms with Gasteiger partial charge in [0.25, 0.3) is 0 Å². The lowest BCUT2D eigenvalue weighted by Gasteiger charge is -2.24. The predicted octanol–water partition coefficient (Wildman–Crippen LogP) is -2.03. The number of aliphatic carboxylic acids is 3. The Morgan fingerprint density at radius 2 is 1.39 bits per heavy atom. The number of carboxylic acids is 3. The van der Waals surface area contributed by atoms with Gasteiger partial charge in [-0.15, -0.1) is 0 Å². The largest absolute Gasteiger partial charge is 0.481 e. The highest BCUT2D eigenvalue weighted by Gasteiger charge is 2.30. The fraction of sp³-hybridized carbons (Fsp3) is 0.647. The Morgan fingerprint density at radius 1 is 0.839 bits per heavy atom. The summed E-state index contributed by atoms with van der Waals surface area (Å²) in [6, 6.07) is -5.26. The monoisotopic (exact) mass is 464 g/mol. The quantitative estimate of drug-likeness (QED) is 0.140. The van der Waals surface area contributed by atoms with E-state index in [9.17, 15) is 28.8 Å². The first kappa shape index (κ1) is 28.1. The van der Waals surface area contributed by atoms with Crippen molar-refractivity contribution in [1.29, 1.82) is 0 Å². The third-order valence-corrected chi connectivity index (χ3v) is 4.63. The third kappa shape index (κ3) is 11.8. The SMILES string of the molecule is CSCCC(NC(=O)C(CC(=O)O)NC(=O)C(N)CCC(=O)O)C(=O)NC(C)C(=O)O. The van der Waals surface area contributed by atoms with E-state index in [-0.39, 0.29) is 12.8 Å². The van der Waals surface area contributed by atoms with Gasteiger partial charge in [0.15, 0.2) is 0 Å². The molecule has 0 saturated heterocycles. The van der Waals surface area contributed by atoms with Crippen molar-refractivity contribution in [2.75, 3.05) is 12.0 Å². The summed E-state index contributed by atoms with van der Waals surface area (Å²) in [5.74, 6) is -6.13. The van der Waals surface area contributed by atoms with Gasteiger partial charge in [-0.25, -0.2) is 0 Å². The average Bonchev–Trinajstić information content (AvgIpc) is 2.67. The number of rotatable bonds is 15. The maximum absolute atomic E-state index is 12.6. The first-order valence-corrected chi connectivity index (χ1v) is 10.6. The standard InChI is InChI=1S/C17H28N4O9S/c1-8(17(29)30)19-15(27)10(5-6-31-2)20-16(28)11(7-13(24)25)21-14(26)9(18)3-4-12(22)23/h8-11H,3-7,18H2,1-2H3,(H,19,27)(H,20,28)(H,21,26)(H,22,23)(H,24,25)(H,29,30). The second kappa shape index (κ2) is 14.2. The number of carbonyl (C=O) groups excluding carboxylic acids is 3. The molecule has 0 rings (SSSR count). The topological polar surface area (TPSA) is 225 Å². The molecule has 0 aromatic carbocycles. The molecular formula is C17H28N4O9S. The summed E-state index contributed by atoms with van der Waals surface area (Å²) < 4.78 is 0. The van der Waals surface area contributed by atoms with Crippen LogP contribution in [0.1, 0.15) is 32.6 Å². The van der Waals surface area contributed by atoms with E-state index in [0.717, 1.165) is 0 Å². The van der Waals surface area contributed by atoms with Gasteiger partial charge in [0.1, 0.15) is 18.1 Å². The minimum atomic E-state index is -1.58. The molecule has 176 valence electrons. The van der Waals surface area contributed by atoms with Gasteiger partial charge in [-0.2, -0.15) is 11.8 Å². The highest BCUT2D eigenvalue weighted by atomic mass is 32.2. The second-order valence-electron chi connectivity index (χ2n) is 6.61. The summed E-state index contributed by atoms with van der Waals surface area (Å²) in [4.78, 5) is 69.7. The van der Waals surface area contributed by atoms with E-state index in [0.29, 0.717) is 5.75 Å². The van der Waals surface area contributed by atoms with Gasteiger partial charge >= 0.3 is 17.9 Å². The number of carbonyl (C=O) groups is 6. The highest BCUT2D eigenvalue weighted by Crippen LogP contribution is 2.04. The van der Waals surface area contributed by atoms with Crippen molar-refractivity contribution in [2.45, 2.75) is 56.8 Å². The zero-order valence-corrected chi connectivity index (χ0v) is 17.9. The van der Waals surface area contributed by atoms with Crippen molar-refractivity contribution in [2.24, 2.45) is 5.73 Å². The number of nitrogens with one attached hydrogen (secondary N) is 3. The molecule has 4 unspecified atom stereocenters. The van der Waals surface area contributed by atoms with Gasteiger partial charge in [-0.3, -0.25) is 28.8 Å². The van der Waals surface area contributed by atoms with E-state index < -0.39 is 72.6 Å². The average molecular weight is 464 g/mol. The number of carboxylic acid groups (broad SMARTS) is 3. The molecule has 13 nitrogen and oxygen atoms in total. The van der Waals surface area contributed by atoms with Crippen LogP contribution in [-0.2, 0) is 28.8 Å². The van der Waals surface area contributed by atoms with E-state index in [4.69, 9.17) is 21.1 Å². The van der Waals surface area contributed by atoms with Crippen LogP contribution in [0, 0.1) is 0 Å². The Labute approximate surface area is 182 Å². The molecule has 4 atom stereocenters. The minimum absolute atomic E-state index is 0.122. The van der Waals surface area contributed by atoms with Crippen LogP contribution in [-0.4, -0.2) is 87.1 Å². The summed E-state index contributed by atoms with van der Waals surface area (Å²) >= 11 is 1.37. The van der Waals surface area contributed by atoms with Crippen LogP contribution >= 0.6 is 11.8 Å². The summed E-state index contributed by atoms with van der Waals surface area (Å²) in [5, 5.41) is 33.3. The van der Waals surface area contributed by atoms with Crippen LogP contribution in [0.5, 0.6) is 0 Å². The van der Waals surface area contributed by atoms with Crippen LogP contribution in [0.3, 0.4) is 0 Å². The van der Waals surface area contributed by atoms with Crippen molar-refractivity contribution in [3.8, 4) is 0 Å². The number of nitrogens with two attached hydrogens (primary N) is 1. The molecule has 0 fully saturated rings. The summed E-state index contributed by atoms with van der Waals surface area (Å²) in [7, 11) is 0. The minimum Gasteiger partial charge on any atom is -0.481 e. The maximum atomic E-state index is 12.6. The Bertz CT molecular complexity index is 689. The van der Waals surface area contributed by atoms with Crippen LogP contribution in [0.2, 0.25) is 0 Å². The third-order valence-electron chi connectivity index (χ3n) is 3.99. The van der Waals surface area contributed by atoms with Crippen LogP contribution < -0.4 is 21.7 Å². The van der Waals surface area contributed by atoms with Gasteiger partial charge in [-0.1, -0.05) is 0 Å². The molecule has 0 aliphatic carbocycles. The zero-order chi connectivity index (χ0) is 24.1. The Kier molecular flexibility index (Phi) is 12.9. The first-order chi connectivity index (χ1) is 14.4. The van der Waals surface area contributed by atoms with E-state index in [1.165, 1.54) is 18.7 Å². The molecular weight excluding hydrogens is 436 g/mol. The molecule has 0 aromatic rings. The van der Waals surface area contributed by atoms with Crippen molar-refractivity contribution in [1.82, 2.24) is 16.0 Å². The predicted molar refractivity (Wildman–Crippen MR) is 109 cm³/mol. The van der Waals surface area contributed by atoms with Crippen LogP contribution in [0.15, 0.2) is 0 Å². The Hall–Kier alpha value is -2.87. The number of hydrogen-bond acceptors (Lipinski definition) is 8. The number of hydrogen-bond donors (Lipinski definition) is 7. The summed E-state index contributed by atoms with van der Waals surface area (Å²) in [6.45, 7) is 1.24. The normalized spacial score (nSPS) is 14.4. The van der Waals surface area contributed by atoms with E-state index in [1.54, 1.807) is 6.26 Å². The van der Waals surface area contributed by atoms with Gasteiger partial charge in [0.05, 0.1) is 12.5 Å². The highest BCUT2D eigenvalue weighted by molar-refractivity contribution is 7.98. The van der Waals surface area contributed by atoms with E-state index in [2.05, 4.69) is 16.0 Å². The van der Waals surface area contributed by atoms with Gasteiger partial charge in [0.2, 0.25) is 17.7 Å². The lowest BCUT2D eigenvalue weighted by molar-refractivity contribution is -0.143. The molecule has 0 spiro atoms. The molecule has 0 aromatic heterocycles. The van der Waals surface area contributed by atoms with Crippen molar-refractivity contribution >= 4 is 47.4 Å². The first-order valence-electron chi connectivity index (χ1n) is 9.21. The molecule has 8 N–H and O–H groups in total. The molecule has 0 aliphatic heterocycles. The molecule has 0 aliphatic rings. The van der Waals surface area contributed by atoms with Crippen molar-refractivity contribution < 1.29 is 44.1 Å². The second-order valence-corrected chi connectivity index (χ2v) is 7.59. The lowest BCUT2D eigenvalue weighted by atomic mass is 10.1. The number of thioether (sulfide) groups is 1. The fourth-order valence-corrected chi connectivity index (χ4v) is 2.70. The van der Waals surface area contributed by atoms with Gasteiger partial charge < -0.3 is 37.0 Å². The van der Waals surface area contributed by atoms with E-state index >= 15 is 0 Å². The Balaban J connectivity index is 5.29. The molecule has 0 saturated carbocycles. The van der Waals surface area contributed by atoms with E-state index in [1.807, 2.05) is 0 Å². The summed E-state index contributed by atoms with van der Waals surface area (Å²) in [5.41, 5.74) is 5.57. The van der Waals surface area contributed by atoms with Gasteiger partial charge in [0, 0.05) is 6.42 Å². The smallest absolute Gasteiger partial charge is 0.325 e. The molecule has 0 heterocycles. The van der Waals surface area contributed by atoms with Crippen LogP contribution in [0.4, 0.5) is 0 Å². The Morgan fingerprint density at radius 3 is 1.87 bits per heavy atom. The number of amides is 3. The molecule has 0 radical (unpaired) electrons. The van der Waals surface area contributed by atoms with Crippen molar-refractivity contribution in [3.05, 3.63) is 0 Å². The molecule has 0 bridgehead atoms. The molecule has 14 heteroatoms. The zero-order valence-electron chi connectivity index (χ0n) is 17.1. The summed E-state index contributed by atoms with van der Waals surface area (Å²) in [6.07, 6.45) is 0.433. The van der Waals surface area contributed by atoms with Crippen molar-refractivity contribution in [3.63, 3.8) is 0 Å².